The summed E-state index contributed by atoms with van der Waals surface area (Å²) in [5.41, 5.74) is 0.988. The van der Waals surface area contributed by atoms with E-state index in [-0.39, 0.29) is 17.5 Å². The van der Waals surface area contributed by atoms with Gasteiger partial charge in [0, 0.05) is 44.3 Å². The smallest absolute Gasteiger partial charge is 0.119 e. The lowest BCUT2D eigenvalue weighted by Crippen LogP contribution is -2.50. The summed E-state index contributed by atoms with van der Waals surface area (Å²) in [6.07, 6.45) is 5.53. The van der Waals surface area contributed by atoms with Gasteiger partial charge in [-0.25, -0.2) is 0 Å². The average molecular weight is 290 g/mol. The summed E-state index contributed by atoms with van der Waals surface area (Å²) in [4.78, 5) is 5.09. The third-order valence-electron chi connectivity index (χ3n) is 5.14. The lowest BCUT2D eigenvalue weighted by Gasteiger charge is -2.40. The molecule has 0 spiro atoms. The van der Waals surface area contributed by atoms with Crippen molar-refractivity contribution in [2.24, 2.45) is 0 Å². The zero-order valence-electron chi connectivity index (χ0n) is 12.8. The van der Waals surface area contributed by atoms with Gasteiger partial charge in [0.25, 0.3) is 0 Å². The minimum Gasteiger partial charge on any atom is -0.508 e. The summed E-state index contributed by atoms with van der Waals surface area (Å²) in [5, 5.41) is 19.3. The molecule has 0 radical (unpaired) electrons. The predicted molar refractivity (Wildman–Crippen MR) is 83.6 cm³/mol. The molecular weight excluding hydrogens is 264 g/mol. The first-order valence-electron chi connectivity index (χ1n) is 8.14. The molecule has 0 amide bonds. The highest BCUT2D eigenvalue weighted by atomic mass is 16.3. The summed E-state index contributed by atoms with van der Waals surface area (Å²) >= 11 is 0. The molecule has 1 atom stereocenters. The first-order chi connectivity index (χ1) is 10.1. The average Bonchev–Trinajstić information content (AvgIpc) is 3.00. The molecular formula is C17H26N2O2. The van der Waals surface area contributed by atoms with Crippen LogP contribution in [0.5, 0.6) is 11.5 Å². The Labute approximate surface area is 127 Å². The highest BCUT2D eigenvalue weighted by molar-refractivity contribution is 5.38. The van der Waals surface area contributed by atoms with Gasteiger partial charge in [-0.05, 0) is 37.5 Å². The molecule has 1 aromatic carbocycles. The highest BCUT2D eigenvalue weighted by Crippen LogP contribution is 2.30. The van der Waals surface area contributed by atoms with Crippen LogP contribution >= 0.6 is 0 Å². The Morgan fingerprint density at radius 1 is 0.952 bits per heavy atom. The first kappa shape index (κ1) is 14.7. The minimum absolute atomic E-state index is 0.140. The third-order valence-corrected chi connectivity index (χ3v) is 5.14. The van der Waals surface area contributed by atoms with Crippen molar-refractivity contribution in [1.29, 1.82) is 0 Å². The number of phenolic OH excluding ortho intramolecular Hbond substituents is 2. The van der Waals surface area contributed by atoms with Gasteiger partial charge in [0.1, 0.15) is 11.5 Å². The van der Waals surface area contributed by atoms with E-state index in [9.17, 15) is 10.2 Å². The molecule has 2 aliphatic rings. The molecule has 2 N–H and O–H groups in total. The lowest BCUT2D eigenvalue weighted by molar-refractivity contribution is 0.0749. The number of benzene rings is 1. The van der Waals surface area contributed by atoms with Gasteiger partial charge >= 0.3 is 0 Å². The molecule has 1 aliphatic heterocycles. The van der Waals surface area contributed by atoms with E-state index in [0.29, 0.717) is 0 Å². The molecule has 1 saturated heterocycles. The van der Waals surface area contributed by atoms with Crippen molar-refractivity contribution >= 4 is 0 Å². The zero-order valence-corrected chi connectivity index (χ0v) is 12.8. The monoisotopic (exact) mass is 290 g/mol. The van der Waals surface area contributed by atoms with E-state index in [1.807, 2.05) is 0 Å². The Balaban J connectivity index is 1.60. The molecule has 3 rings (SSSR count). The molecule has 21 heavy (non-hydrogen) atoms. The highest BCUT2D eigenvalue weighted by Gasteiger charge is 2.28. The van der Waals surface area contributed by atoms with Crippen LogP contribution in [0.2, 0.25) is 0 Å². The van der Waals surface area contributed by atoms with E-state index in [2.05, 4.69) is 16.7 Å². The van der Waals surface area contributed by atoms with Crippen molar-refractivity contribution in [3.8, 4) is 11.5 Å². The van der Waals surface area contributed by atoms with Crippen LogP contribution in [0.15, 0.2) is 18.2 Å². The molecule has 0 aromatic heterocycles. The van der Waals surface area contributed by atoms with E-state index in [0.717, 1.165) is 37.8 Å². The second-order valence-electron chi connectivity index (χ2n) is 6.47. The van der Waals surface area contributed by atoms with Gasteiger partial charge in [-0.15, -0.1) is 0 Å². The molecule has 116 valence electrons. The zero-order chi connectivity index (χ0) is 14.8. The number of piperazine rings is 1. The first-order valence-corrected chi connectivity index (χ1v) is 8.14. The molecule has 1 heterocycles. The Morgan fingerprint density at radius 2 is 1.52 bits per heavy atom. The summed E-state index contributed by atoms with van der Waals surface area (Å²) in [6, 6.07) is 5.94. The maximum atomic E-state index is 9.64. The number of nitrogens with zero attached hydrogens (tertiary/aromatic N) is 2. The SMILES string of the molecule is CC(c1cc(O)cc(O)c1)N1CCN(C2CCCC2)CC1. The van der Waals surface area contributed by atoms with Crippen LogP contribution in [0, 0.1) is 0 Å². The number of aromatic hydroxyl groups is 2. The lowest BCUT2D eigenvalue weighted by atomic mass is 10.0. The fourth-order valence-corrected chi connectivity index (χ4v) is 3.83. The van der Waals surface area contributed by atoms with E-state index < -0.39 is 0 Å². The number of hydrogen-bond donors (Lipinski definition) is 2. The summed E-state index contributed by atoms with van der Waals surface area (Å²) < 4.78 is 0. The van der Waals surface area contributed by atoms with Crippen LogP contribution in [0.4, 0.5) is 0 Å². The van der Waals surface area contributed by atoms with Crippen LogP contribution in [0.1, 0.15) is 44.2 Å². The Morgan fingerprint density at radius 3 is 2.10 bits per heavy atom. The fraction of sp³-hybridized carbons (Fsp3) is 0.647. The van der Waals surface area contributed by atoms with Crippen LogP contribution in [0.3, 0.4) is 0 Å². The molecule has 0 bridgehead atoms. The van der Waals surface area contributed by atoms with Crippen molar-refractivity contribution in [2.75, 3.05) is 26.2 Å². The van der Waals surface area contributed by atoms with Crippen LogP contribution in [0.25, 0.3) is 0 Å². The standard InChI is InChI=1S/C17H26N2O2/c1-13(14-10-16(20)12-17(21)11-14)18-6-8-19(9-7-18)15-4-2-3-5-15/h10-13,15,20-21H,2-9H2,1H3. The van der Waals surface area contributed by atoms with Crippen LogP contribution in [-0.4, -0.2) is 52.2 Å². The van der Waals surface area contributed by atoms with Gasteiger partial charge in [0.2, 0.25) is 0 Å². The van der Waals surface area contributed by atoms with Crippen LogP contribution < -0.4 is 0 Å². The second-order valence-corrected chi connectivity index (χ2v) is 6.47. The van der Waals surface area contributed by atoms with Gasteiger partial charge in [-0.3, -0.25) is 9.80 Å². The second kappa shape index (κ2) is 6.24. The van der Waals surface area contributed by atoms with Gasteiger partial charge in [-0.2, -0.15) is 0 Å². The molecule has 4 nitrogen and oxygen atoms in total. The van der Waals surface area contributed by atoms with Crippen molar-refractivity contribution in [1.82, 2.24) is 9.80 Å². The molecule has 1 unspecified atom stereocenters. The summed E-state index contributed by atoms with van der Waals surface area (Å²) in [6.45, 7) is 6.56. The minimum atomic E-state index is 0.140. The summed E-state index contributed by atoms with van der Waals surface area (Å²) in [5.74, 6) is 0.280. The molecule has 2 fully saturated rings. The third kappa shape index (κ3) is 3.33. The normalized spacial score (nSPS) is 23.5. The maximum Gasteiger partial charge on any atom is 0.119 e. The van der Waals surface area contributed by atoms with E-state index in [1.54, 1.807) is 12.1 Å². The molecule has 1 saturated carbocycles. The van der Waals surface area contributed by atoms with E-state index in [4.69, 9.17) is 0 Å². The van der Waals surface area contributed by atoms with Crippen molar-refractivity contribution in [3.63, 3.8) is 0 Å². The van der Waals surface area contributed by atoms with Gasteiger partial charge < -0.3 is 10.2 Å². The Bertz CT molecular complexity index is 457. The maximum absolute atomic E-state index is 9.64. The molecule has 4 heteroatoms. The van der Waals surface area contributed by atoms with Crippen molar-refractivity contribution in [3.05, 3.63) is 23.8 Å². The van der Waals surface area contributed by atoms with E-state index in [1.165, 1.54) is 31.7 Å². The van der Waals surface area contributed by atoms with Crippen molar-refractivity contribution in [2.45, 2.75) is 44.7 Å². The quantitative estimate of drug-likeness (QED) is 0.898. The van der Waals surface area contributed by atoms with Gasteiger partial charge in [-0.1, -0.05) is 12.8 Å². The van der Waals surface area contributed by atoms with Gasteiger partial charge in [0.15, 0.2) is 0 Å². The number of rotatable bonds is 3. The molecule has 1 aromatic rings. The number of hydrogen-bond acceptors (Lipinski definition) is 4. The predicted octanol–water partition coefficient (Wildman–Crippen LogP) is 2.72. The molecule has 1 aliphatic carbocycles. The number of phenols is 2. The van der Waals surface area contributed by atoms with Crippen LogP contribution in [-0.2, 0) is 0 Å². The van der Waals surface area contributed by atoms with Gasteiger partial charge in [0.05, 0.1) is 0 Å². The van der Waals surface area contributed by atoms with E-state index >= 15 is 0 Å². The Hall–Kier alpha value is -1.26. The Kier molecular flexibility index (Phi) is 4.36. The topological polar surface area (TPSA) is 46.9 Å². The summed E-state index contributed by atoms with van der Waals surface area (Å²) in [7, 11) is 0. The fourth-order valence-electron chi connectivity index (χ4n) is 3.83. The largest absolute Gasteiger partial charge is 0.508 e. The van der Waals surface area contributed by atoms with Crippen molar-refractivity contribution < 1.29 is 10.2 Å².